The molecule has 0 aliphatic rings. The molecule has 1 aromatic carbocycles. The normalized spacial score (nSPS) is 9.92. The third-order valence-corrected chi connectivity index (χ3v) is 2.15. The quantitative estimate of drug-likeness (QED) is 0.682. The van der Waals surface area contributed by atoms with Crippen molar-refractivity contribution in [2.45, 2.75) is 13.8 Å². The topological polar surface area (TPSA) is 37.3 Å². The van der Waals surface area contributed by atoms with Crippen molar-refractivity contribution in [1.29, 1.82) is 0 Å². The van der Waals surface area contributed by atoms with E-state index in [1.54, 1.807) is 13.0 Å². The molecule has 0 saturated carbocycles. The maximum atomic E-state index is 10.9. The molecule has 0 atom stereocenters. The average Bonchev–Trinajstić information content (AvgIpc) is 2.00. The van der Waals surface area contributed by atoms with Gasteiger partial charge in [0.05, 0.1) is 5.56 Å². The van der Waals surface area contributed by atoms with Crippen molar-refractivity contribution < 1.29 is 9.90 Å². The van der Waals surface area contributed by atoms with Gasteiger partial charge in [0.15, 0.2) is 5.78 Å². The highest BCUT2D eigenvalue weighted by Crippen LogP contribution is 2.28. The fourth-order valence-electron chi connectivity index (χ4n) is 0.960. The second kappa shape index (κ2) is 3.15. The van der Waals surface area contributed by atoms with Gasteiger partial charge in [0.1, 0.15) is 5.75 Å². The Labute approximate surface area is 75.8 Å². The summed E-state index contributed by atoms with van der Waals surface area (Å²) >= 11 is 5.72. The molecule has 0 fully saturated rings. The number of carbonyl (C=O) groups is 1. The van der Waals surface area contributed by atoms with Gasteiger partial charge in [-0.1, -0.05) is 11.6 Å². The molecule has 0 aliphatic heterocycles. The summed E-state index contributed by atoms with van der Waals surface area (Å²) in [5.74, 6) is -0.178. The van der Waals surface area contributed by atoms with Crippen molar-refractivity contribution in [3.63, 3.8) is 0 Å². The van der Waals surface area contributed by atoms with E-state index in [0.29, 0.717) is 16.1 Å². The van der Waals surface area contributed by atoms with Crippen LogP contribution in [0.4, 0.5) is 0 Å². The second-order valence-electron chi connectivity index (χ2n) is 2.62. The van der Waals surface area contributed by atoms with Crippen LogP contribution in [0.15, 0.2) is 12.1 Å². The van der Waals surface area contributed by atoms with Gasteiger partial charge in [-0.15, -0.1) is 0 Å². The van der Waals surface area contributed by atoms with Crippen molar-refractivity contribution in [2.24, 2.45) is 0 Å². The summed E-state index contributed by atoms with van der Waals surface area (Å²) in [5, 5.41) is 9.91. The largest absolute Gasteiger partial charge is 0.507 e. The average molecular weight is 185 g/mol. The van der Waals surface area contributed by atoms with E-state index in [2.05, 4.69) is 0 Å². The molecule has 0 amide bonds. The molecule has 1 aromatic rings. The lowest BCUT2D eigenvalue weighted by atomic mass is 10.1. The maximum Gasteiger partial charge on any atom is 0.163 e. The second-order valence-corrected chi connectivity index (χ2v) is 3.03. The fraction of sp³-hybridized carbons (Fsp3) is 0.222. The van der Waals surface area contributed by atoms with E-state index in [4.69, 9.17) is 11.6 Å². The first-order chi connectivity index (χ1) is 5.54. The number of Topliss-reactive ketones (excluding diaryl/α,β-unsaturated/α-hetero) is 1. The van der Waals surface area contributed by atoms with Gasteiger partial charge in [0.25, 0.3) is 0 Å². The van der Waals surface area contributed by atoms with Crippen molar-refractivity contribution in [1.82, 2.24) is 0 Å². The lowest BCUT2D eigenvalue weighted by Gasteiger charge is -2.04. The molecule has 0 heterocycles. The Morgan fingerprint density at radius 2 is 2.08 bits per heavy atom. The summed E-state index contributed by atoms with van der Waals surface area (Å²) < 4.78 is 0. The predicted molar refractivity (Wildman–Crippen MR) is 47.9 cm³/mol. The first-order valence-corrected chi connectivity index (χ1v) is 3.91. The van der Waals surface area contributed by atoms with Crippen LogP contribution < -0.4 is 0 Å². The Hall–Kier alpha value is -1.02. The van der Waals surface area contributed by atoms with E-state index >= 15 is 0 Å². The van der Waals surface area contributed by atoms with Crippen LogP contribution in [0, 0.1) is 6.92 Å². The fourth-order valence-corrected chi connectivity index (χ4v) is 1.11. The Bertz CT molecular complexity index is 332. The van der Waals surface area contributed by atoms with Crippen molar-refractivity contribution in [3.8, 4) is 5.75 Å². The first-order valence-electron chi connectivity index (χ1n) is 3.53. The van der Waals surface area contributed by atoms with Gasteiger partial charge >= 0.3 is 0 Å². The van der Waals surface area contributed by atoms with Gasteiger partial charge in [-0.25, -0.2) is 0 Å². The lowest BCUT2D eigenvalue weighted by molar-refractivity contribution is 0.101. The summed E-state index contributed by atoms with van der Waals surface area (Å²) in [7, 11) is 0. The molecule has 64 valence electrons. The highest BCUT2D eigenvalue weighted by molar-refractivity contribution is 6.31. The Morgan fingerprint density at radius 1 is 1.50 bits per heavy atom. The molecule has 0 aliphatic carbocycles. The number of aromatic hydroxyl groups is 1. The number of hydrogen-bond acceptors (Lipinski definition) is 2. The molecular weight excluding hydrogens is 176 g/mol. The van der Waals surface area contributed by atoms with Gasteiger partial charge in [-0.05, 0) is 26.0 Å². The standard InChI is InChI=1S/C9H9ClO2/c1-5-8(10)4-3-7(6(2)11)9(5)12/h3-4,12H,1-2H3. The third-order valence-electron chi connectivity index (χ3n) is 1.74. The van der Waals surface area contributed by atoms with E-state index in [-0.39, 0.29) is 11.5 Å². The van der Waals surface area contributed by atoms with E-state index in [9.17, 15) is 9.90 Å². The molecule has 12 heavy (non-hydrogen) atoms. The number of halogens is 1. The molecule has 1 N–H and O–H groups in total. The van der Waals surface area contributed by atoms with Crippen LogP contribution >= 0.6 is 11.6 Å². The molecule has 0 bridgehead atoms. The zero-order valence-corrected chi connectivity index (χ0v) is 7.64. The van der Waals surface area contributed by atoms with E-state index < -0.39 is 0 Å². The molecule has 1 rings (SSSR count). The summed E-state index contributed by atoms with van der Waals surface area (Å²) in [6.45, 7) is 3.08. The number of phenolic OH excluding ortho intramolecular Hbond substituents is 1. The van der Waals surface area contributed by atoms with E-state index in [1.165, 1.54) is 13.0 Å². The Balaban J connectivity index is 3.36. The van der Waals surface area contributed by atoms with Crippen molar-refractivity contribution in [2.75, 3.05) is 0 Å². The summed E-state index contributed by atoms with van der Waals surface area (Å²) in [4.78, 5) is 10.9. The van der Waals surface area contributed by atoms with Gasteiger partial charge in [0, 0.05) is 10.6 Å². The molecule has 3 heteroatoms. The number of ketones is 1. The number of carbonyl (C=O) groups excluding carboxylic acids is 1. The number of rotatable bonds is 1. The SMILES string of the molecule is CC(=O)c1ccc(Cl)c(C)c1O. The maximum absolute atomic E-state index is 10.9. The molecular formula is C9H9ClO2. The lowest BCUT2D eigenvalue weighted by Crippen LogP contribution is -1.94. The van der Waals surface area contributed by atoms with Crippen LogP contribution in [0.25, 0.3) is 0 Å². The number of benzene rings is 1. The molecule has 0 spiro atoms. The van der Waals surface area contributed by atoms with Crippen molar-refractivity contribution >= 4 is 17.4 Å². The molecule has 0 unspecified atom stereocenters. The summed E-state index contributed by atoms with van der Waals surface area (Å²) in [5.41, 5.74) is 0.862. The van der Waals surface area contributed by atoms with Crippen LogP contribution in [0.1, 0.15) is 22.8 Å². The molecule has 0 saturated heterocycles. The number of phenols is 1. The van der Waals surface area contributed by atoms with E-state index in [1.807, 2.05) is 0 Å². The minimum atomic E-state index is -0.160. The monoisotopic (exact) mass is 184 g/mol. The molecule has 0 aromatic heterocycles. The van der Waals surface area contributed by atoms with Crippen LogP contribution in [0.2, 0.25) is 5.02 Å². The first kappa shape index (κ1) is 9.07. The highest BCUT2D eigenvalue weighted by Gasteiger charge is 2.10. The van der Waals surface area contributed by atoms with Crippen LogP contribution in [0.3, 0.4) is 0 Å². The minimum absolute atomic E-state index is 0.0185. The smallest absolute Gasteiger partial charge is 0.163 e. The Morgan fingerprint density at radius 3 is 2.58 bits per heavy atom. The van der Waals surface area contributed by atoms with Crippen LogP contribution in [0.5, 0.6) is 5.75 Å². The molecule has 2 nitrogen and oxygen atoms in total. The predicted octanol–water partition coefficient (Wildman–Crippen LogP) is 2.56. The zero-order valence-electron chi connectivity index (χ0n) is 6.89. The van der Waals surface area contributed by atoms with Gasteiger partial charge in [-0.3, -0.25) is 4.79 Å². The summed E-state index contributed by atoms with van der Waals surface area (Å²) in [6, 6.07) is 3.13. The van der Waals surface area contributed by atoms with Crippen LogP contribution in [-0.2, 0) is 0 Å². The minimum Gasteiger partial charge on any atom is -0.507 e. The third kappa shape index (κ3) is 1.43. The number of hydrogen-bond donors (Lipinski definition) is 1. The molecule has 0 radical (unpaired) electrons. The van der Waals surface area contributed by atoms with Crippen LogP contribution in [-0.4, -0.2) is 10.9 Å². The van der Waals surface area contributed by atoms with Gasteiger partial charge in [0.2, 0.25) is 0 Å². The zero-order chi connectivity index (χ0) is 9.30. The van der Waals surface area contributed by atoms with E-state index in [0.717, 1.165) is 0 Å². The summed E-state index contributed by atoms with van der Waals surface area (Å²) in [6.07, 6.45) is 0. The Kier molecular flexibility index (Phi) is 2.38. The van der Waals surface area contributed by atoms with Crippen molar-refractivity contribution in [3.05, 3.63) is 28.3 Å². The highest BCUT2D eigenvalue weighted by atomic mass is 35.5. The van der Waals surface area contributed by atoms with Gasteiger partial charge < -0.3 is 5.11 Å². The van der Waals surface area contributed by atoms with Gasteiger partial charge in [-0.2, -0.15) is 0 Å².